The highest BCUT2D eigenvalue weighted by molar-refractivity contribution is 7.13. The summed E-state index contributed by atoms with van der Waals surface area (Å²) in [6.07, 6.45) is 0. The third-order valence-electron chi connectivity index (χ3n) is 4.19. The number of aromatic nitrogens is 2. The van der Waals surface area contributed by atoms with E-state index in [-0.39, 0.29) is 0 Å². The highest BCUT2D eigenvalue weighted by Gasteiger charge is 2.17. The Morgan fingerprint density at radius 3 is 2.52 bits per heavy atom. The molecule has 0 radical (unpaired) electrons. The number of nitrogen functional groups attached to an aromatic ring is 1. The molecule has 0 fully saturated rings. The molecule has 0 spiro atoms. The van der Waals surface area contributed by atoms with Crippen molar-refractivity contribution >= 4 is 27.4 Å². The lowest BCUT2D eigenvalue weighted by atomic mass is 10.1. The first-order valence-electron chi connectivity index (χ1n) is 7.57. The van der Waals surface area contributed by atoms with Crippen molar-refractivity contribution < 1.29 is 0 Å². The van der Waals surface area contributed by atoms with E-state index in [2.05, 4.69) is 65.0 Å². The highest BCUT2D eigenvalue weighted by Crippen LogP contribution is 2.35. The van der Waals surface area contributed by atoms with Gasteiger partial charge in [0.1, 0.15) is 0 Å². The Balaban J connectivity index is 1.93. The van der Waals surface area contributed by atoms with Crippen LogP contribution in [0.25, 0.3) is 22.2 Å². The van der Waals surface area contributed by atoms with Crippen LogP contribution in [0.3, 0.4) is 0 Å². The average molecular weight is 319 g/mol. The fraction of sp³-hybridized carbons (Fsp3) is 0.105. The molecule has 0 bridgehead atoms. The van der Waals surface area contributed by atoms with Crippen LogP contribution in [0.4, 0.5) is 5.13 Å². The fourth-order valence-corrected chi connectivity index (χ4v) is 3.68. The number of fused-ring (bicyclic) bond motifs is 1. The summed E-state index contributed by atoms with van der Waals surface area (Å²) in [5.74, 6) is 0. The van der Waals surface area contributed by atoms with Crippen molar-refractivity contribution in [2.24, 2.45) is 0 Å². The molecule has 114 valence electrons. The Bertz CT molecular complexity index is 967. The van der Waals surface area contributed by atoms with Crippen molar-refractivity contribution in [3.8, 4) is 11.3 Å². The number of anilines is 1. The lowest BCUT2D eigenvalue weighted by Gasteiger charge is -2.08. The maximum absolute atomic E-state index is 5.84. The molecule has 2 heterocycles. The Morgan fingerprint density at radius 2 is 1.78 bits per heavy atom. The van der Waals surface area contributed by atoms with Crippen molar-refractivity contribution in [3.05, 3.63) is 71.2 Å². The molecule has 4 heteroatoms. The summed E-state index contributed by atoms with van der Waals surface area (Å²) in [5.41, 5.74) is 11.7. The molecule has 3 nitrogen and oxygen atoms in total. The minimum Gasteiger partial charge on any atom is -0.375 e. The van der Waals surface area contributed by atoms with E-state index in [1.54, 1.807) is 0 Å². The van der Waals surface area contributed by atoms with Crippen molar-refractivity contribution in [1.82, 2.24) is 9.55 Å². The highest BCUT2D eigenvalue weighted by atomic mass is 32.1. The van der Waals surface area contributed by atoms with Gasteiger partial charge >= 0.3 is 0 Å². The molecule has 0 saturated heterocycles. The van der Waals surface area contributed by atoms with Crippen LogP contribution in [0.5, 0.6) is 0 Å². The van der Waals surface area contributed by atoms with Gasteiger partial charge in [0.2, 0.25) is 0 Å². The first-order valence-corrected chi connectivity index (χ1v) is 8.45. The smallest absolute Gasteiger partial charge is 0.180 e. The van der Waals surface area contributed by atoms with E-state index < -0.39 is 0 Å². The van der Waals surface area contributed by atoms with E-state index in [0.29, 0.717) is 5.13 Å². The summed E-state index contributed by atoms with van der Waals surface area (Å²) >= 11 is 1.49. The van der Waals surface area contributed by atoms with Gasteiger partial charge in [-0.1, -0.05) is 48.5 Å². The second-order valence-electron chi connectivity index (χ2n) is 5.62. The SMILES string of the molecule is Cc1c(-c2csc(N)n2)c2ccccc2n1Cc1ccccc1. The molecule has 2 aromatic carbocycles. The Labute approximate surface area is 139 Å². The van der Waals surface area contributed by atoms with E-state index in [4.69, 9.17) is 5.73 Å². The van der Waals surface area contributed by atoms with Gasteiger partial charge in [-0.3, -0.25) is 0 Å². The minimum atomic E-state index is 0.610. The zero-order chi connectivity index (χ0) is 15.8. The number of para-hydroxylation sites is 1. The molecule has 0 aliphatic heterocycles. The predicted octanol–water partition coefficient (Wildman–Crippen LogP) is 4.70. The number of hydrogen-bond donors (Lipinski definition) is 1. The number of rotatable bonds is 3. The third-order valence-corrected chi connectivity index (χ3v) is 4.87. The summed E-state index contributed by atoms with van der Waals surface area (Å²) < 4.78 is 2.36. The summed E-state index contributed by atoms with van der Waals surface area (Å²) in [6, 6.07) is 19.0. The van der Waals surface area contributed by atoms with Gasteiger partial charge in [-0.25, -0.2) is 4.98 Å². The first-order chi connectivity index (χ1) is 11.2. The quantitative estimate of drug-likeness (QED) is 0.594. The third kappa shape index (κ3) is 2.41. The second-order valence-corrected chi connectivity index (χ2v) is 6.51. The van der Waals surface area contributed by atoms with Crippen LogP contribution in [0.1, 0.15) is 11.3 Å². The largest absolute Gasteiger partial charge is 0.375 e. The lowest BCUT2D eigenvalue weighted by molar-refractivity contribution is 0.806. The normalized spacial score (nSPS) is 11.2. The van der Waals surface area contributed by atoms with Gasteiger partial charge in [-0.2, -0.15) is 0 Å². The molecule has 23 heavy (non-hydrogen) atoms. The number of thiazole rings is 1. The summed E-state index contributed by atoms with van der Waals surface area (Å²) in [6.45, 7) is 3.01. The molecular formula is C19H17N3S. The maximum atomic E-state index is 5.84. The average Bonchev–Trinajstić information content (AvgIpc) is 3.11. The molecule has 0 amide bonds. The molecule has 0 aliphatic rings. The van der Waals surface area contributed by atoms with Crippen LogP contribution in [-0.2, 0) is 6.54 Å². The van der Waals surface area contributed by atoms with Crippen LogP contribution < -0.4 is 5.73 Å². The summed E-state index contributed by atoms with van der Waals surface area (Å²) in [5, 5.41) is 3.88. The molecule has 4 rings (SSSR count). The summed E-state index contributed by atoms with van der Waals surface area (Å²) in [7, 11) is 0. The van der Waals surface area contributed by atoms with Gasteiger partial charge in [0.15, 0.2) is 5.13 Å². The first kappa shape index (κ1) is 14.0. The second kappa shape index (κ2) is 5.56. The van der Waals surface area contributed by atoms with Crippen molar-refractivity contribution in [2.45, 2.75) is 13.5 Å². The van der Waals surface area contributed by atoms with Crippen LogP contribution >= 0.6 is 11.3 Å². The molecule has 0 unspecified atom stereocenters. The van der Waals surface area contributed by atoms with Gasteiger partial charge in [0, 0.05) is 34.1 Å². The van der Waals surface area contributed by atoms with Crippen molar-refractivity contribution in [1.29, 1.82) is 0 Å². The van der Waals surface area contributed by atoms with Gasteiger partial charge in [-0.05, 0) is 18.6 Å². The molecule has 2 N–H and O–H groups in total. The number of nitrogens with two attached hydrogens (primary N) is 1. The Hall–Kier alpha value is -2.59. The van der Waals surface area contributed by atoms with E-state index >= 15 is 0 Å². The number of benzene rings is 2. The van der Waals surface area contributed by atoms with E-state index in [1.807, 2.05) is 11.4 Å². The predicted molar refractivity (Wildman–Crippen MR) is 97.7 cm³/mol. The molecule has 0 saturated carbocycles. The van der Waals surface area contributed by atoms with Gasteiger partial charge in [-0.15, -0.1) is 11.3 Å². The Kier molecular flexibility index (Phi) is 3.39. The monoisotopic (exact) mass is 319 g/mol. The van der Waals surface area contributed by atoms with Crippen LogP contribution in [0.2, 0.25) is 0 Å². The standard InChI is InChI=1S/C19H17N3S/c1-13-18(16-12-23-19(20)21-16)15-9-5-6-10-17(15)22(13)11-14-7-3-2-4-8-14/h2-10,12H,11H2,1H3,(H2,20,21). The zero-order valence-electron chi connectivity index (χ0n) is 12.9. The molecular weight excluding hydrogens is 302 g/mol. The van der Waals surface area contributed by atoms with Gasteiger partial charge < -0.3 is 10.3 Å². The van der Waals surface area contributed by atoms with E-state index in [9.17, 15) is 0 Å². The number of nitrogens with zero attached hydrogens (tertiary/aromatic N) is 2. The fourth-order valence-electron chi connectivity index (χ4n) is 3.13. The van der Waals surface area contributed by atoms with E-state index in [1.165, 1.54) is 39.1 Å². The van der Waals surface area contributed by atoms with E-state index in [0.717, 1.165) is 12.2 Å². The molecule has 0 atom stereocenters. The summed E-state index contributed by atoms with van der Waals surface area (Å²) in [4.78, 5) is 4.50. The molecule has 4 aromatic rings. The van der Waals surface area contributed by atoms with Crippen LogP contribution in [-0.4, -0.2) is 9.55 Å². The van der Waals surface area contributed by atoms with Gasteiger partial charge in [0.05, 0.1) is 5.69 Å². The minimum absolute atomic E-state index is 0.610. The zero-order valence-corrected chi connectivity index (χ0v) is 13.7. The number of hydrogen-bond acceptors (Lipinski definition) is 3. The Morgan fingerprint density at radius 1 is 1.04 bits per heavy atom. The topological polar surface area (TPSA) is 43.8 Å². The van der Waals surface area contributed by atoms with Crippen molar-refractivity contribution in [2.75, 3.05) is 5.73 Å². The molecule has 2 aromatic heterocycles. The van der Waals surface area contributed by atoms with Crippen LogP contribution in [0.15, 0.2) is 60.0 Å². The van der Waals surface area contributed by atoms with Gasteiger partial charge in [0.25, 0.3) is 0 Å². The lowest BCUT2D eigenvalue weighted by Crippen LogP contribution is -2.01. The van der Waals surface area contributed by atoms with Crippen LogP contribution in [0, 0.1) is 6.92 Å². The maximum Gasteiger partial charge on any atom is 0.180 e. The molecule has 0 aliphatic carbocycles. The van der Waals surface area contributed by atoms with Crippen molar-refractivity contribution in [3.63, 3.8) is 0 Å².